The van der Waals surface area contributed by atoms with Crippen LogP contribution in [0.15, 0.2) is 70.9 Å². The Labute approximate surface area is 188 Å². The summed E-state index contributed by atoms with van der Waals surface area (Å²) in [7, 11) is 0. The molecular weight excluding hydrogens is 437 g/mol. The van der Waals surface area contributed by atoms with E-state index in [1.54, 1.807) is 31.2 Å². The molecule has 3 aromatic rings. The first-order valence-electron chi connectivity index (χ1n) is 9.90. The van der Waals surface area contributed by atoms with E-state index in [-0.39, 0.29) is 28.3 Å². The summed E-state index contributed by atoms with van der Waals surface area (Å²) in [5.41, 5.74) is 0.0551. The number of aliphatic hydroxyl groups excluding tert-OH is 1. The van der Waals surface area contributed by atoms with Gasteiger partial charge < -0.3 is 19.2 Å². The number of aliphatic hydroxyl groups is 1. The van der Waals surface area contributed by atoms with Gasteiger partial charge in [-0.15, -0.1) is 0 Å². The van der Waals surface area contributed by atoms with E-state index in [0.29, 0.717) is 18.1 Å². The van der Waals surface area contributed by atoms with Crippen LogP contribution in [-0.2, 0) is 16.1 Å². The molecule has 1 unspecified atom stereocenters. The van der Waals surface area contributed by atoms with Crippen LogP contribution in [0.2, 0.25) is 5.02 Å². The van der Waals surface area contributed by atoms with E-state index in [2.05, 4.69) is 0 Å². The van der Waals surface area contributed by atoms with Gasteiger partial charge in [0.25, 0.3) is 11.7 Å². The molecule has 2 heterocycles. The summed E-state index contributed by atoms with van der Waals surface area (Å²) in [6.07, 6.45) is 1.44. The van der Waals surface area contributed by atoms with Crippen LogP contribution in [0.3, 0.4) is 0 Å². The van der Waals surface area contributed by atoms with Crippen molar-refractivity contribution in [1.29, 1.82) is 0 Å². The first-order valence-corrected chi connectivity index (χ1v) is 10.3. The maximum absolute atomic E-state index is 14.8. The summed E-state index contributed by atoms with van der Waals surface area (Å²) >= 11 is 6.23. The number of benzene rings is 2. The third-order valence-electron chi connectivity index (χ3n) is 5.15. The van der Waals surface area contributed by atoms with Gasteiger partial charge in [-0.2, -0.15) is 0 Å². The number of hydrogen-bond donors (Lipinski definition) is 1. The van der Waals surface area contributed by atoms with Crippen LogP contribution in [0.1, 0.15) is 29.9 Å². The van der Waals surface area contributed by atoms with Crippen molar-refractivity contribution in [3.05, 3.63) is 94.2 Å². The van der Waals surface area contributed by atoms with Crippen molar-refractivity contribution in [2.45, 2.75) is 19.5 Å². The summed E-state index contributed by atoms with van der Waals surface area (Å²) in [5, 5.41) is 11.3. The van der Waals surface area contributed by atoms with Crippen molar-refractivity contribution in [3.8, 4) is 5.75 Å². The topological polar surface area (TPSA) is 80.0 Å². The number of likely N-dealkylation sites (tertiary alicyclic amines) is 1. The Hall–Kier alpha value is -3.58. The van der Waals surface area contributed by atoms with Crippen LogP contribution < -0.4 is 4.74 Å². The number of rotatable bonds is 6. The predicted molar refractivity (Wildman–Crippen MR) is 116 cm³/mol. The Morgan fingerprint density at radius 2 is 1.97 bits per heavy atom. The number of amides is 1. The molecule has 0 bridgehead atoms. The number of carbonyl (C=O) groups excluding carboxylic acids is 2. The van der Waals surface area contributed by atoms with E-state index in [1.165, 1.54) is 41.5 Å². The van der Waals surface area contributed by atoms with E-state index < -0.39 is 29.3 Å². The first kappa shape index (κ1) is 21.6. The minimum atomic E-state index is -1.15. The highest BCUT2D eigenvalue weighted by Gasteiger charge is 2.47. The number of Topliss-reactive ketones (excluding diaryl/α,β-unsaturated/α-hetero) is 1. The maximum Gasteiger partial charge on any atom is 0.296 e. The molecule has 0 radical (unpaired) electrons. The highest BCUT2D eigenvalue weighted by Crippen LogP contribution is 2.41. The smallest absolute Gasteiger partial charge is 0.296 e. The largest absolute Gasteiger partial charge is 0.507 e. The Bertz CT molecular complexity index is 1200. The SMILES string of the molecule is CCOc1ccc(C(O)=C2C(=O)C(=O)N(Cc3ccco3)C2c2ccccc2F)cc1Cl. The standard InChI is InChI=1S/C24H19ClFNO5/c1-2-31-19-10-9-14(12-17(19)25)22(28)20-21(16-7-3-4-8-18(16)26)27(24(30)23(20)29)13-15-6-5-11-32-15/h3-12,21,28H,2,13H2,1H3. The molecule has 1 saturated heterocycles. The van der Waals surface area contributed by atoms with Crippen LogP contribution in [-0.4, -0.2) is 28.3 Å². The molecule has 32 heavy (non-hydrogen) atoms. The monoisotopic (exact) mass is 455 g/mol. The minimum Gasteiger partial charge on any atom is -0.507 e. The molecule has 1 amide bonds. The van der Waals surface area contributed by atoms with Gasteiger partial charge in [-0.1, -0.05) is 29.8 Å². The molecule has 2 aromatic carbocycles. The molecular formula is C24H19ClFNO5. The summed E-state index contributed by atoms with van der Waals surface area (Å²) in [6, 6.07) is 12.4. The number of nitrogens with zero attached hydrogens (tertiary/aromatic N) is 1. The Balaban J connectivity index is 1.86. The molecule has 8 heteroatoms. The highest BCUT2D eigenvalue weighted by atomic mass is 35.5. The highest BCUT2D eigenvalue weighted by molar-refractivity contribution is 6.46. The lowest BCUT2D eigenvalue weighted by Crippen LogP contribution is -2.29. The van der Waals surface area contributed by atoms with Gasteiger partial charge in [0.1, 0.15) is 23.1 Å². The van der Waals surface area contributed by atoms with E-state index in [1.807, 2.05) is 0 Å². The Kier molecular flexibility index (Phi) is 6.01. The lowest BCUT2D eigenvalue weighted by atomic mass is 9.95. The molecule has 164 valence electrons. The van der Waals surface area contributed by atoms with Crippen LogP contribution in [0.5, 0.6) is 5.75 Å². The lowest BCUT2D eigenvalue weighted by molar-refractivity contribution is -0.140. The summed E-state index contributed by atoms with van der Waals surface area (Å²) in [4.78, 5) is 27.1. The van der Waals surface area contributed by atoms with Gasteiger partial charge >= 0.3 is 0 Å². The second-order valence-corrected chi connectivity index (χ2v) is 7.51. The van der Waals surface area contributed by atoms with Gasteiger partial charge in [0.05, 0.1) is 36.1 Å². The third kappa shape index (κ3) is 3.87. The second kappa shape index (κ2) is 8.88. The summed E-state index contributed by atoms with van der Waals surface area (Å²) in [6.45, 7) is 2.13. The number of halogens is 2. The fourth-order valence-corrected chi connectivity index (χ4v) is 3.95. The zero-order valence-corrected chi connectivity index (χ0v) is 17.8. The van der Waals surface area contributed by atoms with E-state index in [0.717, 1.165) is 0 Å². The molecule has 1 N–H and O–H groups in total. The van der Waals surface area contributed by atoms with E-state index in [9.17, 15) is 19.1 Å². The number of carbonyl (C=O) groups is 2. The zero-order chi connectivity index (χ0) is 22.8. The first-order chi connectivity index (χ1) is 15.4. The quantitative estimate of drug-likeness (QED) is 0.318. The Morgan fingerprint density at radius 1 is 1.19 bits per heavy atom. The minimum absolute atomic E-state index is 0.0720. The molecule has 0 saturated carbocycles. The van der Waals surface area contributed by atoms with Crippen LogP contribution in [0, 0.1) is 5.82 Å². The van der Waals surface area contributed by atoms with Crippen molar-refractivity contribution in [3.63, 3.8) is 0 Å². The normalized spacial score (nSPS) is 17.7. The second-order valence-electron chi connectivity index (χ2n) is 7.11. The number of ketones is 1. The van der Waals surface area contributed by atoms with Crippen LogP contribution >= 0.6 is 11.6 Å². The number of furan rings is 1. The van der Waals surface area contributed by atoms with E-state index >= 15 is 0 Å². The zero-order valence-electron chi connectivity index (χ0n) is 17.0. The third-order valence-corrected chi connectivity index (χ3v) is 5.45. The van der Waals surface area contributed by atoms with Crippen molar-refractivity contribution in [2.24, 2.45) is 0 Å². The van der Waals surface area contributed by atoms with Gasteiger partial charge in [-0.05, 0) is 43.3 Å². The molecule has 1 aromatic heterocycles. The van der Waals surface area contributed by atoms with Crippen LogP contribution in [0.4, 0.5) is 4.39 Å². The molecule has 1 aliphatic rings. The van der Waals surface area contributed by atoms with Crippen LogP contribution in [0.25, 0.3) is 5.76 Å². The molecule has 6 nitrogen and oxygen atoms in total. The van der Waals surface area contributed by atoms with Gasteiger partial charge in [0.2, 0.25) is 0 Å². The number of ether oxygens (including phenoxy) is 1. The van der Waals surface area contributed by atoms with Crippen molar-refractivity contribution in [2.75, 3.05) is 6.61 Å². The van der Waals surface area contributed by atoms with Crippen molar-refractivity contribution in [1.82, 2.24) is 4.90 Å². The van der Waals surface area contributed by atoms with Crippen molar-refractivity contribution < 1.29 is 28.2 Å². The fraction of sp³-hybridized carbons (Fsp3) is 0.167. The molecule has 0 spiro atoms. The van der Waals surface area contributed by atoms with Gasteiger partial charge in [-0.25, -0.2) is 4.39 Å². The lowest BCUT2D eigenvalue weighted by Gasteiger charge is -2.24. The fourth-order valence-electron chi connectivity index (χ4n) is 3.71. The maximum atomic E-state index is 14.8. The van der Waals surface area contributed by atoms with Crippen molar-refractivity contribution >= 4 is 29.1 Å². The average molecular weight is 456 g/mol. The Morgan fingerprint density at radius 3 is 2.62 bits per heavy atom. The average Bonchev–Trinajstić information content (AvgIpc) is 3.38. The molecule has 4 rings (SSSR count). The molecule has 1 aliphatic heterocycles. The van der Waals surface area contributed by atoms with E-state index in [4.69, 9.17) is 20.8 Å². The summed E-state index contributed by atoms with van der Waals surface area (Å²) < 4.78 is 25.5. The van der Waals surface area contributed by atoms with Gasteiger partial charge in [-0.3, -0.25) is 9.59 Å². The van der Waals surface area contributed by atoms with Gasteiger partial charge in [0, 0.05) is 11.1 Å². The predicted octanol–water partition coefficient (Wildman–Crippen LogP) is 5.09. The molecule has 0 aliphatic carbocycles. The summed E-state index contributed by atoms with van der Waals surface area (Å²) in [5.74, 6) is -2.03. The molecule has 1 atom stereocenters. The van der Waals surface area contributed by atoms with Gasteiger partial charge in [0.15, 0.2) is 0 Å². The number of hydrogen-bond acceptors (Lipinski definition) is 5. The molecule has 1 fully saturated rings.